The van der Waals surface area contributed by atoms with Gasteiger partial charge >= 0.3 is 6.18 Å². The van der Waals surface area contributed by atoms with Crippen molar-refractivity contribution in [1.82, 2.24) is 9.78 Å². The van der Waals surface area contributed by atoms with Gasteiger partial charge in [-0.25, -0.2) is 0 Å². The van der Waals surface area contributed by atoms with E-state index in [1.165, 1.54) is 7.05 Å². The summed E-state index contributed by atoms with van der Waals surface area (Å²) in [7, 11) is 1.33. The number of halogens is 3. The molecule has 0 saturated heterocycles. The van der Waals surface area contributed by atoms with E-state index in [9.17, 15) is 18.0 Å². The Labute approximate surface area is 113 Å². The van der Waals surface area contributed by atoms with Gasteiger partial charge in [-0.2, -0.15) is 18.3 Å². The van der Waals surface area contributed by atoms with Crippen LogP contribution in [0.1, 0.15) is 21.6 Å². The third kappa shape index (κ3) is 2.98. The van der Waals surface area contributed by atoms with Gasteiger partial charge < -0.3 is 5.32 Å². The van der Waals surface area contributed by atoms with Crippen LogP contribution in [0, 0.1) is 6.92 Å². The number of aromatic nitrogens is 2. The zero-order chi connectivity index (χ0) is 14.9. The van der Waals surface area contributed by atoms with Crippen LogP contribution in [0.25, 0.3) is 0 Å². The van der Waals surface area contributed by atoms with Crippen molar-refractivity contribution in [2.24, 2.45) is 7.05 Å². The lowest BCUT2D eigenvalue weighted by Crippen LogP contribution is -2.14. The molecule has 0 saturated carbocycles. The van der Waals surface area contributed by atoms with Gasteiger partial charge in [0.25, 0.3) is 5.91 Å². The van der Waals surface area contributed by atoms with E-state index in [2.05, 4.69) is 10.4 Å². The van der Waals surface area contributed by atoms with Gasteiger partial charge in [0.1, 0.15) is 5.82 Å². The zero-order valence-corrected chi connectivity index (χ0v) is 10.8. The van der Waals surface area contributed by atoms with Crippen molar-refractivity contribution in [3.8, 4) is 0 Å². The topological polar surface area (TPSA) is 46.9 Å². The first-order valence-corrected chi connectivity index (χ1v) is 5.76. The van der Waals surface area contributed by atoms with Crippen LogP contribution < -0.4 is 5.32 Å². The average molecular weight is 283 g/mol. The predicted octanol–water partition coefficient (Wildman–Crippen LogP) is 3.00. The molecule has 0 radical (unpaired) electrons. The van der Waals surface area contributed by atoms with E-state index >= 15 is 0 Å². The minimum atomic E-state index is -4.54. The molecule has 0 unspecified atom stereocenters. The monoisotopic (exact) mass is 283 g/mol. The van der Waals surface area contributed by atoms with Gasteiger partial charge in [0.05, 0.1) is 0 Å². The number of rotatable bonds is 2. The highest BCUT2D eigenvalue weighted by Gasteiger charge is 2.34. The van der Waals surface area contributed by atoms with Crippen LogP contribution in [0.3, 0.4) is 0 Å². The summed E-state index contributed by atoms with van der Waals surface area (Å²) in [5, 5.41) is 5.72. The van der Waals surface area contributed by atoms with Gasteiger partial charge in [-0.3, -0.25) is 9.48 Å². The summed E-state index contributed by atoms with van der Waals surface area (Å²) < 4.78 is 38.5. The van der Waals surface area contributed by atoms with E-state index in [0.717, 1.165) is 16.3 Å². The van der Waals surface area contributed by atoms with E-state index in [1.807, 2.05) is 6.92 Å². The van der Waals surface area contributed by atoms with Gasteiger partial charge in [0, 0.05) is 18.7 Å². The SMILES string of the molecule is Cc1ccc(C(=O)Nc2cc(C(F)(F)F)nn2C)cc1. The van der Waals surface area contributed by atoms with Gasteiger partial charge in [-0.15, -0.1) is 0 Å². The minimum absolute atomic E-state index is 0.0112. The molecule has 0 bridgehead atoms. The molecule has 0 aliphatic carbocycles. The molecule has 2 rings (SSSR count). The van der Waals surface area contributed by atoms with E-state index in [0.29, 0.717) is 5.56 Å². The molecule has 7 heteroatoms. The van der Waals surface area contributed by atoms with Crippen LogP contribution in [-0.2, 0) is 13.2 Å². The van der Waals surface area contributed by atoms with Crippen LogP contribution in [-0.4, -0.2) is 15.7 Å². The second-order valence-corrected chi connectivity index (χ2v) is 4.36. The first kappa shape index (κ1) is 14.1. The minimum Gasteiger partial charge on any atom is -0.307 e. The number of alkyl halides is 3. The number of carbonyl (C=O) groups is 1. The summed E-state index contributed by atoms with van der Waals surface area (Å²) in [5.74, 6) is -0.496. The summed E-state index contributed by atoms with van der Waals surface area (Å²) in [6.45, 7) is 1.87. The lowest BCUT2D eigenvalue weighted by molar-refractivity contribution is -0.141. The summed E-state index contributed by atoms with van der Waals surface area (Å²) in [6, 6.07) is 7.50. The maximum absolute atomic E-state index is 12.5. The molecule has 1 aromatic heterocycles. The lowest BCUT2D eigenvalue weighted by Gasteiger charge is -2.05. The number of aryl methyl sites for hydroxylation is 2. The average Bonchev–Trinajstić information content (AvgIpc) is 2.71. The molecule has 4 nitrogen and oxygen atoms in total. The molecule has 0 aliphatic heterocycles. The molecule has 1 N–H and O–H groups in total. The highest BCUT2D eigenvalue weighted by molar-refractivity contribution is 6.03. The summed E-state index contributed by atoms with van der Waals surface area (Å²) in [5.41, 5.74) is 0.311. The molecule has 0 fully saturated rings. The van der Waals surface area contributed by atoms with Crippen LogP contribution in [0.2, 0.25) is 0 Å². The second kappa shape index (κ2) is 4.99. The van der Waals surface area contributed by atoms with Crippen molar-refractivity contribution in [1.29, 1.82) is 0 Å². The van der Waals surface area contributed by atoms with Gasteiger partial charge in [0.2, 0.25) is 0 Å². The number of anilines is 1. The molecule has 0 atom stereocenters. The number of hydrogen-bond acceptors (Lipinski definition) is 2. The Morgan fingerprint density at radius 1 is 1.25 bits per heavy atom. The summed E-state index contributed by atoms with van der Waals surface area (Å²) in [4.78, 5) is 11.9. The summed E-state index contributed by atoms with van der Waals surface area (Å²) >= 11 is 0. The molecule has 1 aromatic carbocycles. The lowest BCUT2D eigenvalue weighted by atomic mass is 10.1. The number of nitrogens with zero attached hydrogens (tertiary/aromatic N) is 2. The number of nitrogens with one attached hydrogen (secondary N) is 1. The Hall–Kier alpha value is -2.31. The van der Waals surface area contributed by atoms with Crippen molar-refractivity contribution < 1.29 is 18.0 Å². The molecular weight excluding hydrogens is 271 g/mol. The predicted molar refractivity (Wildman–Crippen MR) is 67.3 cm³/mol. The molecular formula is C13H12F3N3O. The third-order valence-electron chi connectivity index (χ3n) is 2.73. The largest absolute Gasteiger partial charge is 0.435 e. The van der Waals surface area contributed by atoms with Crippen molar-refractivity contribution in [2.45, 2.75) is 13.1 Å². The van der Waals surface area contributed by atoms with E-state index < -0.39 is 17.8 Å². The zero-order valence-electron chi connectivity index (χ0n) is 10.8. The molecule has 0 spiro atoms. The number of benzene rings is 1. The molecule has 0 aliphatic rings. The standard InChI is InChI=1S/C13H12F3N3O/c1-8-3-5-9(6-4-8)12(20)17-11-7-10(13(14,15)16)18-19(11)2/h3-7H,1-2H3,(H,17,20). The fraction of sp³-hybridized carbons (Fsp3) is 0.231. The van der Waals surface area contributed by atoms with E-state index in [1.54, 1.807) is 24.3 Å². The van der Waals surface area contributed by atoms with Crippen molar-refractivity contribution >= 4 is 11.7 Å². The fourth-order valence-corrected chi connectivity index (χ4v) is 1.62. The molecule has 20 heavy (non-hydrogen) atoms. The number of amides is 1. The quantitative estimate of drug-likeness (QED) is 0.921. The van der Waals surface area contributed by atoms with E-state index in [4.69, 9.17) is 0 Å². The van der Waals surface area contributed by atoms with Gasteiger partial charge in [-0.05, 0) is 19.1 Å². The molecule has 2 aromatic rings. The molecule has 106 valence electrons. The van der Waals surface area contributed by atoms with Gasteiger partial charge in [-0.1, -0.05) is 17.7 Å². The summed E-state index contributed by atoms with van der Waals surface area (Å²) in [6.07, 6.45) is -4.54. The maximum Gasteiger partial charge on any atom is 0.435 e. The Balaban J connectivity index is 2.20. The number of hydrogen-bond donors (Lipinski definition) is 1. The Morgan fingerprint density at radius 2 is 1.85 bits per heavy atom. The first-order valence-electron chi connectivity index (χ1n) is 5.76. The van der Waals surface area contributed by atoms with Crippen molar-refractivity contribution in [3.63, 3.8) is 0 Å². The maximum atomic E-state index is 12.5. The fourth-order valence-electron chi connectivity index (χ4n) is 1.62. The highest BCUT2D eigenvalue weighted by atomic mass is 19.4. The smallest absolute Gasteiger partial charge is 0.307 e. The molecule has 1 amide bonds. The normalized spacial score (nSPS) is 11.4. The Morgan fingerprint density at radius 3 is 2.35 bits per heavy atom. The van der Waals surface area contributed by atoms with Crippen LogP contribution in [0.4, 0.5) is 19.0 Å². The van der Waals surface area contributed by atoms with Crippen LogP contribution in [0.5, 0.6) is 0 Å². The van der Waals surface area contributed by atoms with Crippen molar-refractivity contribution in [2.75, 3.05) is 5.32 Å². The Kier molecular flexibility index (Phi) is 3.52. The first-order chi connectivity index (χ1) is 9.27. The second-order valence-electron chi connectivity index (χ2n) is 4.36. The van der Waals surface area contributed by atoms with Gasteiger partial charge in [0.15, 0.2) is 5.69 Å². The molecule has 1 heterocycles. The third-order valence-corrected chi connectivity index (χ3v) is 2.73. The van der Waals surface area contributed by atoms with Crippen LogP contribution >= 0.6 is 0 Å². The van der Waals surface area contributed by atoms with E-state index in [-0.39, 0.29) is 5.82 Å². The van der Waals surface area contributed by atoms with Crippen molar-refractivity contribution in [3.05, 3.63) is 47.2 Å². The number of carbonyl (C=O) groups excluding carboxylic acids is 1. The highest BCUT2D eigenvalue weighted by Crippen LogP contribution is 2.29. The van der Waals surface area contributed by atoms with Crippen LogP contribution in [0.15, 0.2) is 30.3 Å². The Bertz CT molecular complexity index is 629.